The molecular weight excluding hydrogens is 889 g/mol. The molecule has 0 saturated carbocycles. The predicted molar refractivity (Wildman–Crippen MR) is 261 cm³/mol. The SMILES string of the molecule is Cc1cc(CN2CCCC23CCN(C(=O)n2ccc(C(=O)O)n2)CC3)cc(-n2cccn2)c1.Cc1cc(CN2CCCC23CCN(C(=O)n2ccc(C(=O)OC(C)(C)C)n2)CC3)cc(-n2cccn2)c1. The molecule has 4 aliphatic rings. The van der Waals surface area contributed by atoms with Crippen molar-refractivity contribution in [3.8, 4) is 11.4 Å². The molecule has 18 nitrogen and oxygen atoms in total. The molecule has 1 N–H and O–H groups in total. The van der Waals surface area contributed by atoms with E-state index in [9.17, 15) is 19.2 Å². The molecule has 0 aliphatic carbocycles. The van der Waals surface area contributed by atoms with Crippen molar-refractivity contribution in [2.45, 2.75) is 116 Å². The van der Waals surface area contributed by atoms with Gasteiger partial charge in [0.15, 0.2) is 11.4 Å². The van der Waals surface area contributed by atoms with Gasteiger partial charge in [-0.3, -0.25) is 9.80 Å². The molecule has 4 aromatic heterocycles. The molecule has 0 radical (unpaired) electrons. The Bertz CT molecular complexity index is 2810. The number of aromatic carboxylic acids is 1. The van der Waals surface area contributed by atoms with Crippen LogP contribution in [0.3, 0.4) is 0 Å². The Labute approximate surface area is 408 Å². The van der Waals surface area contributed by atoms with Crippen molar-refractivity contribution in [1.29, 1.82) is 0 Å². The Balaban J connectivity index is 0.000000175. The topological polar surface area (TPSA) is 182 Å². The van der Waals surface area contributed by atoms with E-state index in [4.69, 9.17) is 9.84 Å². The smallest absolute Gasteiger partial charge is 0.359 e. The normalized spacial score (nSPS) is 18.0. The number of carbonyl (C=O) groups excluding carboxylic acids is 3. The molecule has 368 valence electrons. The van der Waals surface area contributed by atoms with Crippen LogP contribution in [0.5, 0.6) is 0 Å². The fourth-order valence-electron chi connectivity index (χ4n) is 11.0. The highest BCUT2D eigenvalue weighted by molar-refractivity contribution is 5.88. The van der Waals surface area contributed by atoms with Crippen LogP contribution in [-0.4, -0.2) is 144 Å². The highest BCUT2D eigenvalue weighted by Crippen LogP contribution is 2.41. The summed E-state index contributed by atoms with van der Waals surface area (Å²) in [5.41, 5.74) is 6.78. The largest absolute Gasteiger partial charge is 0.476 e. The van der Waals surface area contributed by atoms with E-state index in [-0.39, 0.29) is 34.5 Å². The van der Waals surface area contributed by atoms with Crippen molar-refractivity contribution < 1.29 is 29.0 Å². The highest BCUT2D eigenvalue weighted by Gasteiger charge is 2.45. The van der Waals surface area contributed by atoms with Crippen molar-refractivity contribution in [2.24, 2.45) is 0 Å². The number of carboxylic acids is 1. The summed E-state index contributed by atoms with van der Waals surface area (Å²) in [4.78, 5) is 58.1. The fraction of sp³-hybridized carbons (Fsp3) is 0.462. The maximum absolute atomic E-state index is 13.1. The van der Waals surface area contributed by atoms with Crippen LogP contribution in [0.15, 0.2) is 97.8 Å². The number of hydrogen-bond donors (Lipinski definition) is 1. The number of amides is 2. The second-order valence-corrected chi connectivity index (χ2v) is 20.4. The zero-order valence-electron chi connectivity index (χ0n) is 40.9. The fourth-order valence-corrected chi connectivity index (χ4v) is 11.0. The summed E-state index contributed by atoms with van der Waals surface area (Å²) >= 11 is 0. The third-order valence-corrected chi connectivity index (χ3v) is 14.3. The van der Waals surface area contributed by atoms with Crippen LogP contribution in [0.1, 0.15) is 115 Å². The lowest BCUT2D eigenvalue weighted by Gasteiger charge is -2.45. The Morgan fingerprint density at radius 3 is 1.44 bits per heavy atom. The van der Waals surface area contributed by atoms with E-state index in [2.05, 4.69) is 80.4 Å². The molecule has 2 aromatic carbocycles. The van der Waals surface area contributed by atoms with Crippen LogP contribution in [0.2, 0.25) is 0 Å². The average Bonchev–Trinajstić information content (AvgIpc) is 4.19. The van der Waals surface area contributed by atoms with Crippen LogP contribution < -0.4 is 0 Å². The van der Waals surface area contributed by atoms with E-state index in [0.29, 0.717) is 26.2 Å². The van der Waals surface area contributed by atoms with Gasteiger partial charge >= 0.3 is 24.0 Å². The van der Waals surface area contributed by atoms with Gasteiger partial charge in [-0.1, -0.05) is 12.1 Å². The molecule has 4 fully saturated rings. The number of hydrogen-bond acceptors (Lipinski definition) is 11. The molecule has 8 heterocycles. The van der Waals surface area contributed by atoms with Gasteiger partial charge in [0.05, 0.1) is 11.4 Å². The summed E-state index contributed by atoms with van der Waals surface area (Å²) in [7, 11) is 0. The third kappa shape index (κ3) is 10.6. The van der Waals surface area contributed by atoms with E-state index in [1.807, 2.05) is 38.8 Å². The van der Waals surface area contributed by atoms with Gasteiger partial charge in [-0.25, -0.2) is 28.5 Å². The number of nitrogens with zero attached hydrogens (tertiary/aromatic N) is 12. The second-order valence-electron chi connectivity index (χ2n) is 20.4. The van der Waals surface area contributed by atoms with Gasteiger partial charge in [-0.2, -0.15) is 29.8 Å². The first-order valence-corrected chi connectivity index (χ1v) is 24.4. The zero-order chi connectivity index (χ0) is 49.2. The third-order valence-electron chi connectivity index (χ3n) is 14.3. The monoisotopic (exact) mass is 953 g/mol. The number of aryl methyl sites for hydroxylation is 2. The van der Waals surface area contributed by atoms with Gasteiger partial charge in [0.2, 0.25) is 0 Å². The number of piperidine rings is 2. The van der Waals surface area contributed by atoms with Crippen LogP contribution in [0.25, 0.3) is 11.4 Å². The van der Waals surface area contributed by atoms with Crippen molar-refractivity contribution in [3.63, 3.8) is 0 Å². The maximum atomic E-state index is 13.1. The molecule has 0 atom stereocenters. The van der Waals surface area contributed by atoms with E-state index in [0.717, 1.165) is 87.2 Å². The lowest BCUT2D eigenvalue weighted by molar-refractivity contribution is 0.00619. The Hall–Kier alpha value is -6.92. The summed E-state index contributed by atoms with van der Waals surface area (Å²) in [6, 6.07) is 19.5. The lowest BCUT2D eigenvalue weighted by atomic mass is 9.84. The van der Waals surface area contributed by atoms with E-state index >= 15 is 0 Å². The zero-order valence-corrected chi connectivity index (χ0v) is 40.9. The average molecular weight is 953 g/mol. The molecule has 0 bridgehead atoms. The number of benzene rings is 2. The number of ether oxygens (including phenoxy) is 1. The summed E-state index contributed by atoms with van der Waals surface area (Å²) in [6.45, 7) is 16.2. The minimum atomic E-state index is -1.13. The molecule has 0 unspecified atom stereocenters. The lowest BCUT2D eigenvalue weighted by Crippen LogP contribution is -2.53. The van der Waals surface area contributed by atoms with Crippen molar-refractivity contribution in [1.82, 2.24) is 58.7 Å². The van der Waals surface area contributed by atoms with Gasteiger partial charge in [-0.15, -0.1) is 0 Å². The minimum absolute atomic E-state index is 0.0999. The summed E-state index contributed by atoms with van der Waals surface area (Å²) < 4.78 is 11.6. The molecule has 4 saturated heterocycles. The Morgan fingerprint density at radius 2 is 1.04 bits per heavy atom. The summed E-state index contributed by atoms with van der Waals surface area (Å²) in [6.07, 6.45) is 18.8. The predicted octanol–water partition coefficient (Wildman–Crippen LogP) is 7.61. The molecule has 18 heteroatoms. The highest BCUT2D eigenvalue weighted by atomic mass is 16.6. The first kappa shape index (κ1) is 48.1. The first-order chi connectivity index (χ1) is 33.5. The molecule has 2 spiro atoms. The number of aromatic nitrogens is 8. The van der Waals surface area contributed by atoms with Crippen molar-refractivity contribution in [2.75, 3.05) is 39.3 Å². The number of rotatable bonds is 8. The number of esters is 1. The minimum Gasteiger partial charge on any atom is -0.476 e. The molecular formula is C52H64N12O6. The van der Waals surface area contributed by atoms with Crippen LogP contribution in [0, 0.1) is 13.8 Å². The molecule has 4 aliphatic heterocycles. The molecule has 10 rings (SSSR count). The molecule has 2 amide bonds. The van der Waals surface area contributed by atoms with Crippen LogP contribution in [-0.2, 0) is 17.8 Å². The van der Waals surface area contributed by atoms with Gasteiger partial charge in [0.1, 0.15) is 5.60 Å². The van der Waals surface area contributed by atoms with Gasteiger partial charge in [-0.05, 0) is 170 Å². The summed E-state index contributed by atoms with van der Waals surface area (Å²) in [5, 5.41) is 25.9. The molecule has 70 heavy (non-hydrogen) atoms. The first-order valence-electron chi connectivity index (χ1n) is 24.4. The number of carboxylic acid groups (broad SMARTS) is 1. The van der Waals surface area contributed by atoms with Crippen molar-refractivity contribution >= 4 is 24.0 Å². The molecule has 6 aromatic rings. The maximum Gasteiger partial charge on any atom is 0.359 e. The Morgan fingerprint density at radius 1 is 0.600 bits per heavy atom. The standard InChI is InChI=1S/C28H36N6O3.C24H28N6O3/c1-21-17-22(19-23(18-21)33-13-6-11-29-33)20-32-12-5-8-28(32)9-15-31(16-10-28)26(36)34-14-7-24(30-34)25(35)37-27(2,3)4;1-18-14-19(16-20(15-18)29-10-3-8-25-29)17-28-9-2-5-24(28)6-12-27(13-7-24)23(33)30-11-4-21(26-30)22(31)32/h6-7,11,13-14,17-19H,5,8-10,12,15-16,20H2,1-4H3;3-4,8,10-11,14-16H,2,5-7,9,12-13,17H2,1H3,(H,31,32). The summed E-state index contributed by atoms with van der Waals surface area (Å²) in [5.74, 6) is -1.65. The number of carbonyl (C=O) groups is 4. The van der Waals surface area contributed by atoms with Gasteiger partial charge in [0, 0.05) is 87.5 Å². The van der Waals surface area contributed by atoms with Crippen molar-refractivity contribution in [3.05, 3.63) is 131 Å². The number of likely N-dealkylation sites (tertiary alicyclic amines) is 4. The Kier molecular flexibility index (Phi) is 13.6. The van der Waals surface area contributed by atoms with Crippen LogP contribution in [0.4, 0.5) is 9.59 Å². The quantitative estimate of drug-likeness (QED) is 0.148. The van der Waals surface area contributed by atoms with Crippen LogP contribution >= 0.6 is 0 Å². The van der Waals surface area contributed by atoms with E-state index in [1.165, 1.54) is 51.7 Å². The second kappa shape index (κ2) is 19.8. The van der Waals surface area contributed by atoms with E-state index < -0.39 is 17.5 Å². The van der Waals surface area contributed by atoms with Gasteiger partial charge < -0.3 is 19.6 Å². The van der Waals surface area contributed by atoms with E-state index in [1.54, 1.807) is 44.3 Å². The van der Waals surface area contributed by atoms with Gasteiger partial charge in [0.25, 0.3) is 0 Å².